The summed E-state index contributed by atoms with van der Waals surface area (Å²) in [5, 5.41) is 11.9. The van der Waals surface area contributed by atoms with Crippen LogP contribution in [0.25, 0.3) is 22.1 Å². The Labute approximate surface area is 220 Å². The van der Waals surface area contributed by atoms with Gasteiger partial charge in [0.15, 0.2) is 11.5 Å². The van der Waals surface area contributed by atoms with Gasteiger partial charge in [0.2, 0.25) is 5.43 Å². The third-order valence-corrected chi connectivity index (χ3v) is 7.15. The highest BCUT2D eigenvalue weighted by atomic mass is 35.5. The van der Waals surface area contributed by atoms with E-state index in [0.29, 0.717) is 51.5 Å². The normalized spacial score (nSPS) is 14.2. The quantitative estimate of drug-likeness (QED) is 0.361. The van der Waals surface area contributed by atoms with Crippen LogP contribution in [0.5, 0.6) is 17.2 Å². The molecule has 0 spiro atoms. The fourth-order valence-corrected chi connectivity index (χ4v) is 5.14. The largest absolute Gasteiger partial charge is 0.507 e. The molecule has 1 fully saturated rings. The van der Waals surface area contributed by atoms with Gasteiger partial charge in [-0.05, 0) is 55.0 Å². The van der Waals surface area contributed by atoms with Crippen LogP contribution in [0, 0.1) is 6.92 Å². The Balaban J connectivity index is 1.45. The first-order valence-corrected chi connectivity index (χ1v) is 12.5. The number of aromatic hydroxyl groups is 1. The van der Waals surface area contributed by atoms with Crippen LogP contribution in [0.4, 0.5) is 5.69 Å². The molecule has 3 aromatic carbocycles. The van der Waals surface area contributed by atoms with Crippen LogP contribution >= 0.6 is 11.6 Å². The summed E-state index contributed by atoms with van der Waals surface area (Å²) >= 11 is 6.16. The van der Waals surface area contributed by atoms with Crippen LogP contribution in [-0.2, 0) is 6.54 Å². The molecule has 192 valence electrons. The van der Waals surface area contributed by atoms with Crippen LogP contribution in [-0.4, -0.2) is 50.4 Å². The molecule has 4 aromatic rings. The fraction of sp³-hybridized carbons (Fsp3) is 0.276. The van der Waals surface area contributed by atoms with E-state index in [0.717, 1.165) is 36.9 Å². The first-order valence-electron chi connectivity index (χ1n) is 12.1. The zero-order valence-electron chi connectivity index (χ0n) is 21.1. The molecule has 2 heterocycles. The van der Waals surface area contributed by atoms with Gasteiger partial charge in [0.05, 0.1) is 30.7 Å². The molecule has 1 saturated heterocycles. The van der Waals surface area contributed by atoms with E-state index in [1.54, 1.807) is 45.4 Å². The number of anilines is 1. The number of nitrogens with zero attached hydrogens (tertiary/aromatic N) is 2. The van der Waals surface area contributed by atoms with E-state index in [1.165, 1.54) is 0 Å². The number of hydrogen-bond acceptors (Lipinski definition) is 7. The van der Waals surface area contributed by atoms with Gasteiger partial charge in [0, 0.05) is 43.4 Å². The maximum absolute atomic E-state index is 13.6. The summed E-state index contributed by atoms with van der Waals surface area (Å²) in [5.74, 6) is 1.70. The molecule has 5 rings (SSSR count). The van der Waals surface area contributed by atoms with Gasteiger partial charge in [-0.1, -0.05) is 23.7 Å². The Morgan fingerprint density at radius 3 is 2.43 bits per heavy atom. The molecule has 1 N–H and O–H groups in total. The Kier molecular flexibility index (Phi) is 7.00. The highest BCUT2D eigenvalue weighted by Gasteiger charge is 2.23. The molecule has 1 aliphatic rings. The van der Waals surface area contributed by atoms with Crippen LogP contribution in [0.3, 0.4) is 0 Å². The third kappa shape index (κ3) is 4.84. The fourth-order valence-electron chi connectivity index (χ4n) is 4.95. The average Bonchev–Trinajstić information content (AvgIpc) is 2.90. The number of phenols is 1. The number of rotatable bonds is 6. The zero-order chi connectivity index (χ0) is 26.1. The molecule has 0 saturated carbocycles. The summed E-state index contributed by atoms with van der Waals surface area (Å²) in [7, 11) is 3.12. The Morgan fingerprint density at radius 1 is 0.973 bits per heavy atom. The van der Waals surface area contributed by atoms with Crippen molar-refractivity contribution < 1.29 is 19.0 Å². The van der Waals surface area contributed by atoms with Crippen LogP contribution in [0.2, 0.25) is 5.02 Å². The highest BCUT2D eigenvalue weighted by Crippen LogP contribution is 2.35. The summed E-state index contributed by atoms with van der Waals surface area (Å²) in [6.45, 7) is 5.51. The molecule has 0 radical (unpaired) electrons. The summed E-state index contributed by atoms with van der Waals surface area (Å²) < 4.78 is 17.0. The van der Waals surface area contributed by atoms with Crippen molar-refractivity contribution in [2.45, 2.75) is 13.5 Å². The minimum atomic E-state index is -0.155. The molecular formula is C29H29ClN2O5. The molecule has 0 amide bonds. The van der Waals surface area contributed by atoms with Gasteiger partial charge >= 0.3 is 0 Å². The number of halogens is 1. The molecule has 8 heteroatoms. The number of fused-ring (bicyclic) bond motifs is 1. The first-order chi connectivity index (χ1) is 17.9. The van der Waals surface area contributed by atoms with Gasteiger partial charge in [-0.15, -0.1) is 0 Å². The van der Waals surface area contributed by atoms with Crippen molar-refractivity contribution in [1.82, 2.24) is 4.90 Å². The van der Waals surface area contributed by atoms with Crippen LogP contribution in [0.15, 0.2) is 63.8 Å². The molecule has 7 nitrogen and oxygen atoms in total. The molecule has 0 unspecified atom stereocenters. The summed E-state index contributed by atoms with van der Waals surface area (Å²) in [6, 6.07) is 16.4. The molecular weight excluding hydrogens is 492 g/mol. The van der Waals surface area contributed by atoms with E-state index in [9.17, 15) is 9.90 Å². The van der Waals surface area contributed by atoms with Crippen molar-refractivity contribution in [2.24, 2.45) is 0 Å². The lowest BCUT2D eigenvalue weighted by Gasteiger charge is -2.36. The number of phenolic OH excluding ortho intramolecular Hbond substituents is 1. The number of benzene rings is 3. The van der Waals surface area contributed by atoms with Gasteiger partial charge in [0.25, 0.3) is 0 Å². The van der Waals surface area contributed by atoms with Crippen molar-refractivity contribution in [1.29, 1.82) is 0 Å². The van der Waals surface area contributed by atoms with Crippen molar-refractivity contribution in [3.05, 3.63) is 81.2 Å². The zero-order valence-corrected chi connectivity index (χ0v) is 21.8. The van der Waals surface area contributed by atoms with Crippen molar-refractivity contribution in [3.63, 3.8) is 0 Å². The van der Waals surface area contributed by atoms with E-state index in [1.807, 2.05) is 24.3 Å². The van der Waals surface area contributed by atoms with E-state index in [-0.39, 0.29) is 11.2 Å². The second-order valence-electron chi connectivity index (χ2n) is 9.12. The van der Waals surface area contributed by atoms with E-state index < -0.39 is 0 Å². The Hall–Kier alpha value is -3.68. The maximum atomic E-state index is 13.6. The number of aryl methyl sites for hydroxylation is 1. The van der Waals surface area contributed by atoms with Gasteiger partial charge in [-0.2, -0.15) is 0 Å². The number of piperazine rings is 1. The second-order valence-corrected chi connectivity index (χ2v) is 9.55. The third-order valence-electron chi connectivity index (χ3n) is 6.91. The molecule has 1 aromatic heterocycles. The molecule has 1 aliphatic heterocycles. The van der Waals surface area contributed by atoms with Crippen molar-refractivity contribution in [3.8, 4) is 28.4 Å². The van der Waals surface area contributed by atoms with Gasteiger partial charge in [0.1, 0.15) is 17.1 Å². The Bertz CT molecular complexity index is 1510. The summed E-state index contributed by atoms with van der Waals surface area (Å²) in [5.41, 5.74) is 3.12. The van der Waals surface area contributed by atoms with Gasteiger partial charge in [-0.25, -0.2) is 0 Å². The lowest BCUT2D eigenvalue weighted by atomic mass is 10.00. The minimum absolute atomic E-state index is 0.117. The minimum Gasteiger partial charge on any atom is -0.507 e. The second kappa shape index (κ2) is 10.4. The van der Waals surface area contributed by atoms with E-state index >= 15 is 0 Å². The number of hydrogen-bond donors (Lipinski definition) is 1. The van der Waals surface area contributed by atoms with Crippen molar-refractivity contribution in [2.75, 3.05) is 45.3 Å². The maximum Gasteiger partial charge on any atom is 0.200 e. The van der Waals surface area contributed by atoms with Crippen LogP contribution < -0.4 is 19.8 Å². The summed E-state index contributed by atoms with van der Waals surface area (Å²) in [6.07, 6.45) is 0. The van der Waals surface area contributed by atoms with Gasteiger partial charge in [-0.3, -0.25) is 9.69 Å². The predicted molar refractivity (Wildman–Crippen MR) is 146 cm³/mol. The molecule has 0 atom stereocenters. The van der Waals surface area contributed by atoms with Crippen LogP contribution in [0.1, 0.15) is 11.3 Å². The van der Waals surface area contributed by atoms with E-state index in [2.05, 4.69) is 15.9 Å². The lowest BCUT2D eigenvalue weighted by molar-refractivity contribution is 0.246. The summed E-state index contributed by atoms with van der Waals surface area (Å²) in [4.78, 5) is 18.2. The standard InChI is InChI=1S/C29H29ClN2O5/c1-18-27(19-7-10-25(35-2)26(15-19)36-3)28(34)22-8-9-24(33)23(29(22)37-18)17-31-11-13-32(14-12-31)21-6-4-5-20(30)16-21/h4-10,15-16,33H,11-14,17H2,1-3H3. The van der Waals surface area contributed by atoms with Gasteiger partial charge < -0.3 is 23.9 Å². The lowest BCUT2D eigenvalue weighted by Crippen LogP contribution is -2.46. The number of ether oxygens (including phenoxy) is 2. The Morgan fingerprint density at radius 2 is 1.73 bits per heavy atom. The molecule has 37 heavy (non-hydrogen) atoms. The molecule has 0 aliphatic carbocycles. The van der Waals surface area contributed by atoms with E-state index in [4.69, 9.17) is 25.5 Å². The first kappa shape index (κ1) is 25.0. The average molecular weight is 521 g/mol. The smallest absolute Gasteiger partial charge is 0.200 e. The SMILES string of the molecule is COc1ccc(-c2c(C)oc3c(CN4CCN(c5cccc(Cl)c5)CC4)c(O)ccc3c2=O)cc1OC. The number of methoxy groups -OCH3 is 2. The monoisotopic (exact) mass is 520 g/mol. The predicted octanol–water partition coefficient (Wildman–Crippen LogP) is 5.47. The van der Waals surface area contributed by atoms with Crippen molar-refractivity contribution >= 4 is 28.3 Å². The highest BCUT2D eigenvalue weighted by molar-refractivity contribution is 6.30. The topological polar surface area (TPSA) is 75.4 Å². The molecule has 0 bridgehead atoms.